The van der Waals surface area contributed by atoms with Crippen molar-refractivity contribution in [1.29, 1.82) is 0 Å². The number of nitrogens with one attached hydrogen (secondary N) is 2. The van der Waals surface area contributed by atoms with E-state index in [-0.39, 0.29) is 29.7 Å². The van der Waals surface area contributed by atoms with Crippen molar-refractivity contribution in [3.05, 3.63) is 77.6 Å². The topological polar surface area (TPSA) is 63.5 Å². The Bertz CT molecular complexity index is 963. The highest BCUT2D eigenvalue weighted by Crippen LogP contribution is 2.22. The van der Waals surface area contributed by atoms with Crippen LogP contribution < -0.4 is 15.4 Å². The normalized spacial score (nSPS) is 11.2. The molecule has 2 N–H and O–H groups in total. The fraction of sp³-hybridized carbons (Fsp3) is 0.238. The Kier molecular flexibility index (Phi) is 9.03. The number of guanidine groups is 1. The number of benzene rings is 2. The van der Waals surface area contributed by atoms with Crippen LogP contribution in [0.15, 0.2) is 65.9 Å². The molecule has 0 radical (unpaired) electrons. The van der Waals surface area contributed by atoms with E-state index < -0.39 is 6.61 Å². The van der Waals surface area contributed by atoms with Gasteiger partial charge in [-0.15, -0.1) is 24.0 Å². The van der Waals surface area contributed by atoms with Crippen LogP contribution in [0.3, 0.4) is 0 Å². The van der Waals surface area contributed by atoms with Gasteiger partial charge in [0.1, 0.15) is 5.75 Å². The summed E-state index contributed by atoms with van der Waals surface area (Å²) in [5.41, 5.74) is 3.55. The van der Waals surface area contributed by atoms with Gasteiger partial charge in [0.15, 0.2) is 5.96 Å². The van der Waals surface area contributed by atoms with Crippen LogP contribution in [-0.2, 0) is 13.1 Å². The summed E-state index contributed by atoms with van der Waals surface area (Å²) in [6, 6.07) is 14.9. The van der Waals surface area contributed by atoms with Gasteiger partial charge in [0.25, 0.3) is 0 Å². The van der Waals surface area contributed by atoms with Crippen LogP contribution >= 0.6 is 24.0 Å². The van der Waals surface area contributed by atoms with Crippen LogP contribution in [0.1, 0.15) is 16.7 Å². The molecular weight excluding hydrogens is 503 g/mol. The molecule has 0 aliphatic carbocycles. The third-order valence-corrected chi connectivity index (χ3v) is 4.22. The molecule has 0 fully saturated rings. The first-order chi connectivity index (χ1) is 14.0. The Labute approximate surface area is 191 Å². The van der Waals surface area contributed by atoms with Crippen molar-refractivity contribution in [2.45, 2.75) is 26.6 Å². The molecule has 0 bridgehead atoms. The lowest BCUT2D eigenvalue weighted by molar-refractivity contribution is -0.0504. The molecule has 0 saturated heterocycles. The summed E-state index contributed by atoms with van der Waals surface area (Å²) in [4.78, 5) is 4.17. The minimum absolute atomic E-state index is 0. The van der Waals surface area contributed by atoms with Crippen molar-refractivity contribution in [2.24, 2.45) is 4.99 Å². The van der Waals surface area contributed by atoms with E-state index in [1.807, 2.05) is 49.5 Å². The minimum Gasteiger partial charge on any atom is -0.434 e. The Morgan fingerprint density at radius 3 is 2.57 bits per heavy atom. The van der Waals surface area contributed by atoms with Crippen LogP contribution in [-0.4, -0.2) is 29.4 Å². The Hall–Kier alpha value is -2.69. The SMILES string of the molecule is CN=C(NCc1cnn(-c2ccccc2)c1)NCc1cc(C)ccc1OC(F)F.I. The summed E-state index contributed by atoms with van der Waals surface area (Å²) in [6.07, 6.45) is 3.72. The van der Waals surface area contributed by atoms with Gasteiger partial charge in [-0.1, -0.05) is 35.9 Å². The molecule has 3 rings (SSSR count). The van der Waals surface area contributed by atoms with Gasteiger partial charge in [-0.05, 0) is 25.1 Å². The molecule has 9 heteroatoms. The molecule has 2 aromatic carbocycles. The number of aryl methyl sites for hydroxylation is 1. The molecule has 6 nitrogen and oxygen atoms in total. The average molecular weight is 527 g/mol. The van der Waals surface area contributed by atoms with E-state index in [2.05, 4.69) is 25.5 Å². The van der Waals surface area contributed by atoms with Gasteiger partial charge in [0.2, 0.25) is 0 Å². The molecule has 0 saturated carbocycles. The fourth-order valence-electron chi connectivity index (χ4n) is 2.82. The first-order valence-corrected chi connectivity index (χ1v) is 9.13. The second-order valence-corrected chi connectivity index (χ2v) is 6.40. The first-order valence-electron chi connectivity index (χ1n) is 9.13. The lowest BCUT2D eigenvalue weighted by atomic mass is 10.1. The standard InChI is InChI=1S/C21H23F2N5O.HI/c1-15-8-9-19(29-20(22)23)17(10-15)13-26-21(24-2)25-11-16-12-27-28(14-16)18-6-4-3-5-7-18;/h3-10,12,14,20H,11,13H2,1-2H3,(H2,24,25,26);1H. The molecule has 0 aliphatic rings. The van der Waals surface area contributed by atoms with Crippen LogP contribution in [0, 0.1) is 6.92 Å². The van der Waals surface area contributed by atoms with Crippen LogP contribution in [0.4, 0.5) is 8.78 Å². The van der Waals surface area contributed by atoms with E-state index in [4.69, 9.17) is 0 Å². The number of halogens is 3. The molecule has 160 valence electrons. The number of alkyl halides is 2. The lowest BCUT2D eigenvalue weighted by Crippen LogP contribution is -2.36. The third-order valence-electron chi connectivity index (χ3n) is 4.22. The van der Waals surface area contributed by atoms with Gasteiger partial charge in [0, 0.05) is 37.5 Å². The Morgan fingerprint density at radius 2 is 1.87 bits per heavy atom. The summed E-state index contributed by atoms with van der Waals surface area (Å²) in [5, 5.41) is 10.7. The minimum atomic E-state index is -2.87. The smallest absolute Gasteiger partial charge is 0.387 e. The molecule has 0 unspecified atom stereocenters. The van der Waals surface area contributed by atoms with Crippen molar-refractivity contribution >= 4 is 29.9 Å². The number of para-hydroxylation sites is 1. The summed E-state index contributed by atoms with van der Waals surface area (Å²) >= 11 is 0. The van der Waals surface area contributed by atoms with Crippen molar-refractivity contribution in [2.75, 3.05) is 7.05 Å². The molecule has 1 aromatic heterocycles. The van der Waals surface area contributed by atoms with Crippen molar-refractivity contribution < 1.29 is 13.5 Å². The van der Waals surface area contributed by atoms with E-state index in [1.54, 1.807) is 30.1 Å². The number of aromatic nitrogens is 2. The molecule has 0 aliphatic heterocycles. The first kappa shape index (κ1) is 23.6. The highest BCUT2D eigenvalue weighted by molar-refractivity contribution is 14.0. The third kappa shape index (κ3) is 6.68. The number of nitrogens with zero attached hydrogens (tertiary/aromatic N) is 3. The highest BCUT2D eigenvalue weighted by atomic mass is 127. The van der Waals surface area contributed by atoms with Crippen LogP contribution in [0.2, 0.25) is 0 Å². The highest BCUT2D eigenvalue weighted by Gasteiger charge is 2.11. The molecule has 0 amide bonds. The van der Waals surface area contributed by atoms with Gasteiger partial charge in [-0.3, -0.25) is 4.99 Å². The second kappa shape index (κ2) is 11.5. The predicted octanol–water partition coefficient (Wildman–Crippen LogP) is 4.27. The maximum atomic E-state index is 12.6. The average Bonchev–Trinajstić information content (AvgIpc) is 3.19. The van der Waals surface area contributed by atoms with Crippen LogP contribution in [0.5, 0.6) is 5.75 Å². The maximum absolute atomic E-state index is 12.6. The van der Waals surface area contributed by atoms with E-state index >= 15 is 0 Å². The lowest BCUT2D eigenvalue weighted by Gasteiger charge is -2.15. The number of ether oxygens (including phenoxy) is 1. The summed E-state index contributed by atoms with van der Waals surface area (Å²) in [6.45, 7) is -0.157. The number of hydrogen-bond donors (Lipinski definition) is 2. The molecule has 0 atom stereocenters. The summed E-state index contributed by atoms with van der Waals surface area (Å²) < 4.78 is 31.6. The molecule has 3 aromatic rings. The number of aliphatic imine (C=N–C) groups is 1. The molecule has 0 spiro atoms. The van der Waals surface area contributed by atoms with Gasteiger partial charge in [0.05, 0.1) is 11.9 Å². The second-order valence-electron chi connectivity index (χ2n) is 6.40. The van der Waals surface area contributed by atoms with Crippen LogP contribution in [0.25, 0.3) is 5.69 Å². The zero-order chi connectivity index (χ0) is 20.6. The maximum Gasteiger partial charge on any atom is 0.387 e. The zero-order valence-corrected chi connectivity index (χ0v) is 19.0. The Morgan fingerprint density at radius 1 is 1.13 bits per heavy atom. The van der Waals surface area contributed by atoms with E-state index in [9.17, 15) is 8.78 Å². The van der Waals surface area contributed by atoms with Gasteiger partial charge >= 0.3 is 6.61 Å². The Balaban J connectivity index is 0.00000320. The summed E-state index contributed by atoms with van der Waals surface area (Å²) in [5.74, 6) is 0.694. The van der Waals surface area contributed by atoms with Gasteiger partial charge < -0.3 is 15.4 Å². The van der Waals surface area contributed by atoms with E-state index in [0.717, 1.165) is 16.8 Å². The summed E-state index contributed by atoms with van der Waals surface area (Å²) in [7, 11) is 1.65. The zero-order valence-electron chi connectivity index (χ0n) is 16.7. The molecular formula is C21H24F2IN5O. The van der Waals surface area contributed by atoms with Crippen molar-refractivity contribution in [3.63, 3.8) is 0 Å². The predicted molar refractivity (Wildman–Crippen MR) is 124 cm³/mol. The largest absolute Gasteiger partial charge is 0.434 e. The molecule has 30 heavy (non-hydrogen) atoms. The van der Waals surface area contributed by atoms with E-state index in [1.165, 1.54) is 0 Å². The van der Waals surface area contributed by atoms with E-state index in [0.29, 0.717) is 24.6 Å². The fourth-order valence-corrected chi connectivity index (χ4v) is 2.82. The number of rotatable bonds is 7. The van der Waals surface area contributed by atoms with Gasteiger partial charge in [-0.25, -0.2) is 4.68 Å². The quantitative estimate of drug-likeness (QED) is 0.274. The molecule has 1 heterocycles. The monoisotopic (exact) mass is 527 g/mol. The van der Waals surface area contributed by atoms with Gasteiger partial charge in [-0.2, -0.15) is 13.9 Å². The van der Waals surface area contributed by atoms with Crippen molar-refractivity contribution in [1.82, 2.24) is 20.4 Å². The number of hydrogen-bond acceptors (Lipinski definition) is 3. The van der Waals surface area contributed by atoms with Crippen molar-refractivity contribution in [3.8, 4) is 11.4 Å².